The van der Waals surface area contributed by atoms with E-state index >= 15 is 0 Å². The molecule has 0 bridgehead atoms. The van der Waals surface area contributed by atoms with E-state index in [1.807, 2.05) is 0 Å². The van der Waals surface area contributed by atoms with Gasteiger partial charge < -0.3 is 9.47 Å². The Kier molecular flexibility index (Phi) is 6.75. The number of hydrogen-bond acceptors (Lipinski definition) is 2. The van der Waals surface area contributed by atoms with Crippen LogP contribution in [0.4, 0.5) is 0 Å². The fourth-order valence-corrected chi connectivity index (χ4v) is 1.40. The molecule has 82 valence electrons. The van der Waals surface area contributed by atoms with Gasteiger partial charge in [0.1, 0.15) is 6.61 Å². The van der Waals surface area contributed by atoms with Gasteiger partial charge in [0, 0.05) is 19.4 Å². The zero-order chi connectivity index (χ0) is 10.8. The molecular weight excluding hydrogens is 188 g/mol. The molecule has 15 heavy (non-hydrogen) atoms. The van der Waals surface area contributed by atoms with Crippen molar-refractivity contribution in [3.8, 4) is 24.2 Å². The van der Waals surface area contributed by atoms with E-state index in [1.165, 1.54) is 6.42 Å². The Balaban J connectivity index is 1.97. The Labute approximate surface area is 92.3 Å². The highest BCUT2D eigenvalue weighted by molar-refractivity contribution is 4.99. The lowest BCUT2D eigenvalue weighted by atomic mass is 10.2. The van der Waals surface area contributed by atoms with Crippen molar-refractivity contribution in [3.63, 3.8) is 0 Å². The van der Waals surface area contributed by atoms with Crippen LogP contribution in [-0.2, 0) is 9.47 Å². The van der Waals surface area contributed by atoms with Crippen LogP contribution in [0.15, 0.2) is 0 Å². The topological polar surface area (TPSA) is 18.5 Å². The molecule has 1 fully saturated rings. The summed E-state index contributed by atoms with van der Waals surface area (Å²) in [7, 11) is 0. The van der Waals surface area contributed by atoms with Gasteiger partial charge in [-0.3, -0.25) is 0 Å². The van der Waals surface area contributed by atoms with E-state index in [0.717, 1.165) is 38.7 Å². The SMILES string of the molecule is C#CCCCC#CCOC1CCCCO1. The summed E-state index contributed by atoms with van der Waals surface area (Å²) in [4.78, 5) is 0. The number of rotatable bonds is 4. The Morgan fingerprint density at radius 3 is 2.93 bits per heavy atom. The molecule has 0 radical (unpaired) electrons. The van der Waals surface area contributed by atoms with Gasteiger partial charge in [0.2, 0.25) is 0 Å². The van der Waals surface area contributed by atoms with Gasteiger partial charge in [-0.2, -0.15) is 0 Å². The summed E-state index contributed by atoms with van der Waals surface area (Å²) < 4.78 is 10.9. The van der Waals surface area contributed by atoms with Crippen LogP contribution in [0.2, 0.25) is 0 Å². The van der Waals surface area contributed by atoms with Crippen molar-refractivity contribution in [1.29, 1.82) is 0 Å². The average Bonchev–Trinajstić information content (AvgIpc) is 2.29. The monoisotopic (exact) mass is 206 g/mol. The molecule has 1 atom stereocenters. The van der Waals surface area contributed by atoms with Gasteiger partial charge >= 0.3 is 0 Å². The van der Waals surface area contributed by atoms with E-state index in [1.54, 1.807) is 0 Å². The lowest BCUT2D eigenvalue weighted by Crippen LogP contribution is -2.22. The van der Waals surface area contributed by atoms with Crippen LogP contribution < -0.4 is 0 Å². The van der Waals surface area contributed by atoms with E-state index in [9.17, 15) is 0 Å². The lowest BCUT2D eigenvalue weighted by Gasteiger charge is -2.21. The second-order valence-electron chi connectivity index (χ2n) is 3.52. The molecule has 0 aromatic heterocycles. The van der Waals surface area contributed by atoms with Crippen molar-refractivity contribution < 1.29 is 9.47 Å². The van der Waals surface area contributed by atoms with Crippen molar-refractivity contribution >= 4 is 0 Å². The van der Waals surface area contributed by atoms with E-state index in [-0.39, 0.29) is 6.29 Å². The van der Waals surface area contributed by atoms with Crippen LogP contribution in [0.25, 0.3) is 0 Å². The zero-order valence-corrected chi connectivity index (χ0v) is 9.13. The fourth-order valence-electron chi connectivity index (χ4n) is 1.40. The average molecular weight is 206 g/mol. The Morgan fingerprint density at radius 1 is 1.27 bits per heavy atom. The maximum atomic E-state index is 5.45. The highest BCUT2D eigenvalue weighted by Crippen LogP contribution is 2.12. The van der Waals surface area contributed by atoms with Gasteiger partial charge in [0.15, 0.2) is 6.29 Å². The van der Waals surface area contributed by atoms with Crippen molar-refractivity contribution in [2.45, 2.75) is 44.8 Å². The predicted molar refractivity (Wildman–Crippen MR) is 60.0 cm³/mol. The molecule has 1 unspecified atom stereocenters. The summed E-state index contributed by atoms with van der Waals surface area (Å²) in [5.41, 5.74) is 0. The molecule has 2 nitrogen and oxygen atoms in total. The smallest absolute Gasteiger partial charge is 0.158 e. The van der Waals surface area contributed by atoms with E-state index in [2.05, 4.69) is 17.8 Å². The molecule has 2 heteroatoms. The Hall–Kier alpha value is -0.960. The molecule has 0 aliphatic carbocycles. The molecule has 1 aliphatic rings. The third-order valence-electron chi connectivity index (χ3n) is 2.23. The summed E-state index contributed by atoms with van der Waals surface area (Å²) in [5.74, 6) is 8.60. The van der Waals surface area contributed by atoms with Crippen LogP contribution in [0.1, 0.15) is 38.5 Å². The van der Waals surface area contributed by atoms with Gasteiger partial charge in [0.05, 0.1) is 0 Å². The highest BCUT2D eigenvalue weighted by Gasteiger charge is 2.12. The van der Waals surface area contributed by atoms with Crippen molar-refractivity contribution in [1.82, 2.24) is 0 Å². The van der Waals surface area contributed by atoms with Crippen LogP contribution in [0.5, 0.6) is 0 Å². The first-order valence-corrected chi connectivity index (χ1v) is 5.56. The van der Waals surface area contributed by atoms with E-state index < -0.39 is 0 Å². The van der Waals surface area contributed by atoms with Gasteiger partial charge in [-0.1, -0.05) is 5.92 Å². The first-order valence-electron chi connectivity index (χ1n) is 5.56. The maximum Gasteiger partial charge on any atom is 0.158 e. The predicted octanol–water partition coefficient (Wildman–Crippen LogP) is 2.34. The van der Waals surface area contributed by atoms with Crippen molar-refractivity contribution in [2.24, 2.45) is 0 Å². The molecule has 1 aliphatic heterocycles. The number of terminal acetylenes is 1. The number of ether oxygens (including phenoxy) is 2. The molecular formula is C13H18O2. The molecule has 0 aromatic carbocycles. The van der Waals surface area contributed by atoms with E-state index in [4.69, 9.17) is 15.9 Å². The first-order chi connectivity index (χ1) is 7.43. The largest absolute Gasteiger partial charge is 0.353 e. The van der Waals surface area contributed by atoms with Crippen LogP contribution in [-0.4, -0.2) is 19.5 Å². The second kappa shape index (κ2) is 8.36. The summed E-state index contributed by atoms with van der Waals surface area (Å²) in [6, 6.07) is 0. The molecule has 1 rings (SSSR count). The van der Waals surface area contributed by atoms with E-state index in [0.29, 0.717) is 6.61 Å². The molecule has 0 saturated carbocycles. The third kappa shape index (κ3) is 6.18. The minimum atomic E-state index is -0.0289. The van der Waals surface area contributed by atoms with Crippen molar-refractivity contribution in [2.75, 3.05) is 13.2 Å². The number of unbranched alkanes of at least 4 members (excludes halogenated alkanes) is 2. The second-order valence-corrected chi connectivity index (χ2v) is 3.52. The summed E-state index contributed by atoms with van der Waals surface area (Å²) >= 11 is 0. The molecule has 1 heterocycles. The minimum absolute atomic E-state index is 0.0289. The summed E-state index contributed by atoms with van der Waals surface area (Å²) in [6.07, 6.45) is 11.1. The van der Waals surface area contributed by atoms with Crippen LogP contribution in [0.3, 0.4) is 0 Å². The van der Waals surface area contributed by atoms with Crippen molar-refractivity contribution in [3.05, 3.63) is 0 Å². The van der Waals surface area contributed by atoms with Gasteiger partial charge in [-0.15, -0.1) is 18.3 Å². The standard InChI is InChI=1S/C13H18O2/c1-2-3-4-5-6-8-11-14-13-10-7-9-12-15-13/h1,13H,3-5,7,9-12H2. The highest BCUT2D eigenvalue weighted by atomic mass is 16.7. The molecule has 0 spiro atoms. The first kappa shape index (κ1) is 12.1. The molecule has 1 saturated heterocycles. The molecule has 0 amide bonds. The summed E-state index contributed by atoms with van der Waals surface area (Å²) in [6.45, 7) is 1.29. The molecule has 0 aromatic rings. The Bertz CT molecular complexity index is 248. The summed E-state index contributed by atoms with van der Waals surface area (Å²) in [5, 5.41) is 0. The number of hydrogen-bond donors (Lipinski definition) is 0. The third-order valence-corrected chi connectivity index (χ3v) is 2.23. The van der Waals surface area contributed by atoms with Gasteiger partial charge in [-0.25, -0.2) is 0 Å². The maximum absolute atomic E-state index is 5.45. The van der Waals surface area contributed by atoms with Crippen LogP contribution in [0, 0.1) is 24.2 Å². The fraction of sp³-hybridized carbons (Fsp3) is 0.692. The lowest BCUT2D eigenvalue weighted by molar-refractivity contribution is -0.154. The van der Waals surface area contributed by atoms with Gasteiger partial charge in [0.25, 0.3) is 0 Å². The molecule has 0 N–H and O–H groups in total. The Morgan fingerprint density at radius 2 is 2.20 bits per heavy atom. The minimum Gasteiger partial charge on any atom is -0.353 e. The quantitative estimate of drug-likeness (QED) is 0.519. The van der Waals surface area contributed by atoms with Crippen LogP contribution >= 0.6 is 0 Å². The van der Waals surface area contributed by atoms with Gasteiger partial charge in [-0.05, 0) is 25.7 Å². The zero-order valence-electron chi connectivity index (χ0n) is 9.13. The normalized spacial score (nSPS) is 20.1.